The minimum absolute atomic E-state index is 0. The molecule has 15 heavy (non-hydrogen) atoms. The van der Waals surface area contributed by atoms with E-state index in [0.717, 1.165) is 25.3 Å². The highest BCUT2D eigenvalue weighted by atomic mass is 35.5. The highest BCUT2D eigenvalue weighted by Gasteiger charge is 2.24. The first-order valence-corrected chi connectivity index (χ1v) is 5.13. The van der Waals surface area contributed by atoms with Crippen molar-refractivity contribution in [3.63, 3.8) is 0 Å². The van der Waals surface area contributed by atoms with Crippen LogP contribution >= 0.6 is 24.0 Å². The van der Waals surface area contributed by atoms with Gasteiger partial charge in [0.25, 0.3) is 0 Å². The fourth-order valence-electron chi connectivity index (χ4n) is 1.80. The Morgan fingerprint density at radius 3 is 2.73 bits per heavy atom. The van der Waals surface area contributed by atoms with E-state index >= 15 is 0 Å². The SMILES string of the molecule is Cl.NCC1CCCN1c1ncc(Cl)cn1. The maximum Gasteiger partial charge on any atom is 0.225 e. The highest BCUT2D eigenvalue weighted by Crippen LogP contribution is 2.21. The maximum absolute atomic E-state index is 5.72. The molecule has 1 aliphatic rings. The quantitative estimate of drug-likeness (QED) is 0.862. The monoisotopic (exact) mass is 248 g/mol. The summed E-state index contributed by atoms with van der Waals surface area (Å²) in [6.45, 7) is 1.65. The molecule has 1 aromatic rings. The fraction of sp³-hybridized carbons (Fsp3) is 0.556. The summed E-state index contributed by atoms with van der Waals surface area (Å²) in [5.41, 5.74) is 5.67. The Bertz CT molecular complexity index is 303. The number of nitrogens with two attached hydrogens (primary N) is 1. The van der Waals surface area contributed by atoms with Crippen LogP contribution in [0.5, 0.6) is 0 Å². The summed E-state index contributed by atoms with van der Waals surface area (Å²) in [6.07, 6.45) is 5.53. The molecule has 0 bridgehead atoms. The molecular formula is C9H14Cl2N4. The molecule has 2 heterocycles. The zero-order chi connectivity index (χ0) is 9.97. The molecule has 0 aliphatic carbocycles. The van der Waals surface area contributed by atoms with Crippen molar-refractivity contribution in [2.45, 2.75) is 18.9 Å². The average molecular weight is 249 g/mol. The number of aromatic nitrogens is 2. The van der Waals surface area contributed by atoms with Crippen LogP contribution in [0, 0.1) is 0 Å². The number of rotatable bonds is 2. The van der Waals surface area contributed by atoms with Gasteiger partial charge in [-0.15, -0.1) is 12.4 Å². The third-order valence-corrected chi connectivity index (χ3v) is 2.71. The number of hydrogen-bond acceptors (Lipinski definition) is 4. The Hall–Kier alpha value is -0.580. The second-order valence-electron chi connectivity index (χ2n) is 3.43. The molecule has 1 aromatic heterocycles. The van der Waals surface area contributed by atoms with Crippen molar-refractivity contribution in [3.8, 4) is 0 Å². The lowest BCUT2D eigenvalue weighted by Crippen LogP contribution is -2.36. The van der Waals surface area contributed by atoms with Gasteiger partial charge < -0.3 is 10.6 Å². The first kappa shape index (κ1) is 12.5. The summed E-state index contributed by atoms with van der Waals surface area (Å²) in [4.78, 5) is 10.5. The summed E-state index contributed by atoms with van der Waals surface area (Å²) in [6, 6.07) is 0.385. The smallest absolute Gasteiger partial charge is 0.225 e. The summed E-state index contributed by atoms with van der Waals surface area (Å²) < 4.78 is 0. The normalized spacial score (nSPS) is 20.1. The summed E-state index contributed by atoms with van der Waals surface area (Å²) in [5, 5.41) is 0.567. The first-order valence-electron chi connectivity index (χ1n) is 4.75. The molecule has 0 radical (unpaired) electrons. The Balaban J connectivity index is 0.00000112. The molecule has 4 nitrogen and oxygen atoms in total. The van der Waals surface area contributed by atoms with Gasteiger partial charge in [0.2, 0.25) is 5.95 Å². The standard InChI is InChI=1S/C9H13ClN4.ClH/c10-7-5-12-9(13-6-7)14-3-1-2-8(14)4-11;/h5-6,8H,1-4,11H2;1H. The molecule has 1 atom stereocenters. The second kappa shape index (κ2) is 5.49. The van der Waals surface area contributed by atoms with Crippen molar-refractivity contribution in [3.05, 3.63) is 17.4 Å². The van der Waals surface area contributed by atoms with E-state index in [0.29, 0.717) is 17.6 Å². The van der Waals surface area contributed by atoms with E-state index in [4.69, 9.17) is 17.3 Å². The Labute approximate surface area is 100 Å². The molecule has 0 saturated carbocycles. The topological polar surface area (TPSA) is 55.0 Å². The molecule has 1 saturated heterocycles. The lowest BCUT2D eigenvalue weighted by Gasteiger charge is -2.22. The molecule has 1 fully saturated rings. The molecule has 6 heteroatoms. The number of nitrogens with zero attached hydrogens (tertiary/aromatic N) is 3. The van der Waals surface area contributed by atoms with Gasteiger partial charge in [-0.25, -0.2) is 9.97 Å². The fourth-order valence-corrected chi connectivity index (χ4v) is 1.90. The van der Waals surface area contributed by atoms with E-state index in [1.807, 2.05) is 0 Å². The van der Waals surface area contributed by atoms with Crippen LogP contribution < -0.4 is 10.6 Å². The largest absolute Gasteiger partial charge is 0.337 e. The minimum Gasteiger partial charge on any atom is -0.337 e. The zero-order valence-electron chi connectivity index (χ0n) is 8.27. The minimum atomic E-state index is 0. The van der Waals surface area contributed by atoms with Crippen LogP contribution in [0.15, 0.2) is 12.4 Å². The molecule has 1 aliphatic heterocycles. The van der Waals surface area contributed by atoms with E-state index in [1.165, 1.54) is 0 Å². The number of hydrogen-bond donors (Lipinski definition) is 1. The lowest BCUT2D eigenvalue weighted by atomic mass is 10.2. The first-order chi connectivity index (χ1) is 6.81. The van der Waals surface area contributed by atoms with Crippen LogP contribution in [0.25, 0.3) is 0 Å². The molecule has 0 amide bonds. The van der Waals surface area contributed by atoms with Gasteiger partial charge in [0.1, 0.15) is 0 Å². The van der Waals surface area contributed by atoms with Crippen molar-refractivity contribution in [2.24, 2.45) is 5.73 Å². The Morgan fingerprint density at radius 2 is 2.13 bits per heavy atom. The molecule has 2 rings (SSSR count). The molecular weight excluding hydrogens is 235 g/mol. The average Bonchev–Trinajstić information content (AvgIpc) is 2.67. The predicted octanol–water partition coefficient (Wildman–Crippen LogP) is 1.48. The molecule has 0 aromatic carbocycles. The van der Waals surface area contributed by atoms with Gasteiger partial charge in [0, 0.05) is 19.1 Å². The van der Waals surface area contributed by atoms with E-state index in [1.54, 1.807) is 12.4 Å². The van der Waals surface area contributed by atoms with Gasteiger partial charge in [0.05, 0.1) is 17.4 Å². The summed E-state index contributed by atoms with van der Waals surface area (Å²) in [7, 11) is 0. The number of halogens is 2. The summed E-state index contributed by atoms with van der Waals surface area (Å²) in [5.74, 6) is 0.738. The van der Waals surface area contributed by atoms with Gasteiger partial charge >= 0.3 is 0 Å². The van der Waals surface area contributed by atoms with E-state index < -0.39 is 0 Å². The van der Waals surface area contributed by atoms with Crippen LogP contribution in [0.3, 0.4) is 0 Å². The van der Waals surface area contributed by atoms with Crippen LogP contribution in [0.1, 0.15) is 12.8 Å². The van der Waals surface area contributed by atoms with E-state index in [2.05, 4.69) is 14.9 Å². The Morgan fingerprint density at radius 1 is 1.47 bits per heavy atom. The van der Waals surface area contributed by atoms with Crippen LogP contribution in [-0.2, 0) is 0 Å². The van der Waals surface area contributed by atoms with Gasteiger partial charge in [0.15, 0.2) is 0 Å². The van der Waals surface area contributed by atoms with E-state index in [-0.39, 0.29) is 12.4 Å². The molecule has 1 unspecified atom stereocenters. The summed E-state index contributed by atoms with van der Waals surface area (Å²) >= 11 is 5.72. The van der Waals surface area contributed by atoms with Crippen molar-refractivity contribution < 1.29 is 0 Å². The van der Waals surface area contributed by atoms with Crippen LogP contribution in [0.4, 0.5) is 5.95 Å². The number of anilines is 1. The van der Waals surface area contributed by atoms with Crippen molar-refractivity contribution in [2.75, 3.05) is 18.0 Å². The van der Waals surface area contributed by atoms with Crippen LogP contribution in [-0.4, -0.2) is 29.1 Å². The van der Waals surface area contributed by atoms with Crippen molar-refractivity contribution in [1.82, 2.24) is 9.97 Å². The molecule has 2 N–H and O–H groups in total. The lowest BCUT2D eigenvalue weighted by molar-refractivity contribution is 0.664. The van der Waals surface area contributed by atoms with Gasteiger partial charge in [-0.1, -0.05) is 11.6 Å². The van der Waals surface area contributed by atoms with Gasteiger partial charge in [-0.05, 0) is 12.8 Å². The van der Waals surface area contributed by atoms with Gasteiger partial charge in [-0.2, -0.15) is 0 Å². The maximum atomic E-state index is 5.72. The second-order valence-corrected chi connectivity index (χ2v) is 3.86. The predicted molar refractivity (Wildman–Crippen MR) is 63.7 cm³/mol. The molecule has 0 spiro atoms. The Kier molecular flexibility index (Phi) is 4.57. The zero-order valence-corrected chi connectivity index (χ0v) is 9.84. The third-order valence-electron chi connectivity index (χ3n) is 2.51. The van der Waals surface area contributed by atoms with Gasteiger partial charge in [-0.3, -0.25) is 0 Å². The molecule has 84 valence electrons. The van der Waals surface area contributed by atoms with Crippen LogP contribution in [0.2, 0.25) is 5.02 Å². The van der Waals surface area contributed by atoms with E-state index in [9.17, 15) is 0 Å². The highest BCUT2D eigenvalue weighted by molar-refractivity contribution is 6.30. The third kappa shape index (κ3) is 2.71. The van der Waals surface area contributed by atoms with Crippen molar-refractivity contribution in [1.29, 1.82) is 0 Å². The van der Waals surface area contributed by atoms with Crippen molar-refractivity contribution >= 4 is 30.0 Å².